The average molecular weight is 1050 g/mol. The summed E-state index contributed by atoms with van der Waals surface area (Å²) in [7, 11) is 2.10. The van der Waals surface area contributed by atoms with Crippen molar-refractivity contribution in [2.24, 2.45) is 0 Å². The van der Waals surface area contributed by atoms with E-state index in [1.54, 1.807) is 0 Å². The Kier molecular flexibility index (Phi) is 10.3. The van der Waals surface area contributed by atoms with Crippen molar-refractivity contribution in [2.45, 2.75) is 40.7 Å². The van der Waals surface area contributed by atoms with Crippen molar-refractivity contribution in [1.29, 1.82) is 0 Å². The van der Waals surface area contributed by atoms with E-state index < -0.39 is 0 Å². The summed E-state index contributed by atoms with van der Waals surface area (Å²) in [6, 6.07) is 3.65. The van der Waals surface area contributed by atoms with Crippen molar-refractivity contribution in [1.82, 2.24) is 4.90 Å². The van der Waals surface area contributed by atoms with Crippen LogP contribution in [0, 0.1) is 61.1 Å². The van der Waals surface area contributed by atoms with E-state index in [-0.39, 0.29) is 6.04 Å². The lowest BCUT2D eigenvalue weighted by Crippen LogP contribution is -2.20. The first-order chi connectivity index (χ1) is 12.9. The summed E-state index contributed by atoms with van der Waals surface area (Å²) in [5, 5.41) is 0. The predicted octanol–water partition coefficient (Wildman–Crippen LogP) is 8.55. The van der Waals surface area contributed by atoms with Crippen LogP contribution in [0.2, 0.25) is 0 Å². The van der Waals surface area contributed by atoms with E-state index in [1.807, 2.05) is 0 Å². The molecule has 2 aromatic rings. The minimum Gasteiger partial charge on any atom is -0.328 e. The quantitative estimate of drug-likeness (QED) is 0.166. The van der Waals surface area contributed by atoms with Crippen molar-refractivity contribution in [3.8, 4) is 12.0 Å². The van der Waals surface area contributed by atoms with Crippen molar-refractivity contribution < 1.29 is 0 Å². The SMILES string of the molecule is Cc1c(I)c(C)c(I)c(C#CN(C)C(C)c2c(I)c(C)c(I)c(C)c2I)c1I. The fraction of sp³-hybridized carbons (Fsp3) is 0.333. The molecule has 1 atom stereocenters. The van der Waals surface area contributed by atoms with Gasteiger partial charge in [-0.2, -0.15) is 0 Å². The Morgan fingerprint density at radius 3 is 1.39 bits per heavy atom. The number of hydrogen-bond donors (Lipinski definition) is 0. The van der Waals surface area contributed by atoms with E-state index in [0.29, 0.717) is 0 Å². The smallest absolute Gasteiger partial charge is 0.0610 e. The van der Waals surface area contributed by atoms with Gasteiger partial charge in [0.25, 0.3) is 0 Å². The Bertz CT molecular complexity index is 958. The number of rotatable bonds is 2. The van der Waals surface area contributed by atoms with E-state index >= 15 is 0 Å². The van der Waals surface area contributed by atoms with Gasteiger partial charge in [-0.3, -0.25) is 0 Å². The first-order valence-electron chi connectivity index (χ1n) is 8.43. The maximum Gasteiger partial charge on any atom is 0.0610 e. The van der Waals surface area contributed by atoms with Crippen LogP contribution in [0.1, 0.15) is 46.3 Å². The van der Waals surface area contributed by atoms with Crippen LogP contribution in [0.3, 0.4) is 0 Å². The molecule has 0 amide bonds. The number of halogens is 6. The lowest BCUT2D eigenvalue weighted by Gasteiger charge is -2.26. The summed E-state index contributed by atoms with van der Waals surface area (Å²) in [4.78, 5) is 2.15. The van der Waals surface area contributed by atoms with Gasteiger partial charge in [0.2, 0.25) is 0 Å². The van der Waals surface area contributed by atoms with Gasteiger partial charge in [0.1, 0.15) is 0 Å². The van der Waals surface area contributed by atoms with Gasteiger partial charge in [0, 0.05) is 40.1 Å². The van der Waals surface area contributed by atoms with Crippen molar-refractivity contribution >= 4 is 136 Å². The summed E-state index contributed by atoms with van der Waals surface area (Å²) < 4.78 is 7.93. The van der Waals surface area contributed by atoms with Crippen LogP contribution in [0.25, 0.3) is 0 Å². The second-order valence-corrected chi connectivity index (χ2v) is 13.2. The highest BCUT2D eigenvalue weighted by Gasteiger charge is 2.22. The normalized spacial score (nSPS) is 11.9. The van der Waals surface area contributed by atoms with Crippen LogP contribution >= 0.6 is 136 Å². The van der Waals surface area contributed by atoms with E-state index in [1.165, 1.54) is 49.2 Å². The number of hydrogen-bond acceptors (Lipinski definition) is 1. The molecule has 0 spiro atoms. The fourth-order valence-corrected chi connectivity index (χ4v) is 10.3. The van der Waals surface area contributed by atoms with E-state index in [2.05, 4.69) is 194 Å². The summed E-state index contributed by atoms with van der Waals surface area (Å²) in [6.45, 7) is 11.1. The third-order valence-electron chi connectivity index (χ3n) is 4.90. The Morgan fingerprint density at radius 2 is 1.00 bits per heavy atom. The van der Waals surface area contributed by atoms with E-state index in [4.69, 9.17) is 0 Å². The second-order valence-electron chi connectivity index (χ2n) is 6.70. The second kappa shape index (κ2) is 10.9. The molecule has 0 fully saturated rings. The molecule has 0 heterocycles. The highest BCUT2D eigenvalue weighted by molar-refractivity contribution is 14.1. The van der Waals surface area contributed by atoms with E-state index in [9.17, 15) is 0 Å². The largest absolute Gasteiger partial charge is 0.328 e. The third kappa shape index (κ3) is 5.22. The Hall–Kier alpha value is 2.18. The zero-order valence-electron chi connectivity index (χ0n) is 16.3. The first-order valence-corrected chi connectivity index (χ1v) is 14.9. The number of nitrogens with zero attached hydrogens (tertiary/aromatic N) is 1. The molecule has 0 N–H and O–H groups in total. The molecule has 0 aliphatic carbocycles. The third-order valence-corrected chi connectivity index (χ3v) is 13.6. The van der Waals surface area contributed by atoms with Gasteiger partial charge in [-0.05, 0) is 198 Å². The Morgan fingerprint density at radius 1 is 0.643 bits per heavy atom. The van der Waals surface area contributed by atoms with Gasteiger partial charge in [-0.25, -0.2) is 0 Å². The lowest BCUT2D eigenvalue weighted by atomic mass is 10.0. The van der Waals surface area contributed by atoms with Crippen LogP contribution < -0.4 is 0 Å². The summed E-state index contributed by atoms with van der Waals surface area (Å²) in [5.41, 5.74) is 7.92. The maximum absolute atomic E-state index is 3.47. The average Bonchev–Trinajstić information content (AvgIpc) is 2.67. The van der Waals surface area contributed by atoms with Crippen LogP contribution in [-0.4, -0.2) is 11.9 Å². The monoisotopic (exact) mass is 1050 g/mol. The Balaban J connectivity index is 2.52. The molecule has 28 heavy (non-hydrogen) atoms. The van der Waals surface area contributed by atoms with Crippen LogP contribution in [-0.2, 0) is 0 Å². The topological polar surface area (TPSA) is 3.24 Å². The van der Waals surface area contributed by atoms with Crippen LogP contribution in [0.4, 0.5) is 0 Å². The zero-order valence-corrected chi connectivity index (χ0v) is 29.2. The van der Waals surface area contributed by atoms with E-state index in [0.717, 1.165) is 5.56 Å². The molecule has 0 aliphatic rings. The summed E-state index contributed by atoms with van der Waals surface area (Å²) >= 11 is 14.8. The highest BCUT2D eigenvalue weighted by Crippen LogP contribution is 2.36. The van der Waals surface area contributed by atoms with Gasteiger partial charge in [0.05, 0.1) is 11.6 Å². The maximum atomic E-state index is 3.47. The molecule has 1 unspecified atom stereocenters. The minimum atomic E-state index is 0.224. The molecule has 0 radical (unpaired) electrons. The predicted molar refractivity (Wildman–Crippen MR) is 171 cm³/mol. The molecule has 0 saturated heterocycles. The molecule has 1 nitrogen and oxygen atoms in total. The molecule has 2 rings (SSSR count). The van der Waals surface area contributed by atoms with Crippen LogP contribution in [0.5, 0.6) is 0 Å². The molecule has 2 aromatic carbocycles. The van der Waals surface area contributed by atoms with Crippen LogP contribution in [0.15, 0.2) is 0 Å². The van der Waals surface area contributed by atoms with Gasteiger partial charge >= 0.3 is 0 Å². The zero-order chi connectivity index (χ0) is 21.5. The lowest BCUT2D eigenvalue weighted by molar-refractivity contribution is 0.380. The summed E-state index contributed by atoms with van der Waals surface area (Å²) in [6.07, 6.45) is 0. The first kappa shape index (κ1) is 26.4. The standard InChI is InChI=1S/C21H19I6N/c1-9-16(22)10(2)19(25)14(18(9)24)7-8-28(6)13(5)15-20(26)11(3)17(23)12(4)21(15)27/h13H,1-6H3. The fourth-order valence-electron chi connectivity index (χ4n) is 2.83. The highest BCUT2D eigenvalue weighted by atomic mass is 127. The molecular formula is C21H19I6N. The molecule has 0 aliphatic heterocycles. The molecule has 150 valence electrons. The molecule has 7 heteroatoms. The van der Waals surface area contributed by atoms with Crippen molar-refractivity contribution in [3.05, 3.63) is 54.8 Å². The van der Waals surface area contributed by atoms with Gasteiger partial charge in [0.15, 0.2) is 0 Å². The Labute approximate surface area is 250 Å². The molecular weight excluding hydrogens is 1030 g/mol. The number of benzene rings is 2. The van der Waals surface area contributed by atoms with Gasteiger partial charge in [-0.15, -0.1) is 0 Å². The molecule has 0 saturated carbocycles. The van der Waals surface area contributed by atoms with Crippen molar-refractivity contribution in [2.75, 3.05) is 7.05 Å². The summed E-state index contributed by atoms with van der Waals surface area (Å²) in [5.74, 6) is 3.47. The molecule has 0 aromatic heterocycles. The van der Waals surface area contributed by atoms with Gasteiger partial charge < -0.3 is 4.90 Å². The minimum absolute atomic E-state index is 0.224. The van der Waals surface area contributed by atoms with Crippen molar-refractivity contribution in [3.63, 3.8) is 0 Å². The molecule has 0 bridgehead atoms. The van der Waals surface area contributed by atoms with Gasteiger partial charge in [-0.1, -0.05) is 0 Å².